The molecule has 0 aromatic carbocycles. The number of hydrogen-bond donors (Lipinski definition) is 6. The van der Waals surface area contributed by atoms with E-state index in [0.29, 0.717) is 19.4 Å². The van der Waals surface area contributed by atoms with Gasteiger partial charge in [0.2, 0.25) is 0 Å². The molecule has 0 amide bonds. The van der Waals surface area contributed by atoms with Crippen LogP contribution in [-0.2, 0) is 20.5 Å². The number of nitrogens with two attached hydrogens (primary N) is 2. The van der Waals surface area contributed by atoms with E-state index in [0.717, 1.165) is 0 Å². The Hall–Kier alpha value is -2.04. The van der Waals surface area contributed by atoms with Gasteiger partial charge in [-0.15, -0.1) is 0 Å². The van der Waals surface area contributed by atoms with Crippen LogP contribution in [0.2, 0.25) is 0 Å². The first-order valence-corrected chi connectivity index (χ1v) is 9.24. The van der Waals surface area contributed by atoms with Crippen LogP contribution in [-0.4, -0.2) is 49.4 Å². The summed E-state index contributed by atoms with van der Waals surface area (Å²) < 4.78 is 15.3. The van der Waals surface area contributed by atoms with Crippen LogP contribution in [0, 0.1) is 6.92 Å². The molecular formula is C14H23N4O7P. The van der Waals surface area contributed by atoms with Crippen LogP contribution in [0.3, 0.4) is 0 Å². The van der Waals surface area contributed by atoms with Gasteiger partial charge in [-0.3, -0.25) is 14.5 Å². The molecule has 1 aromatic heterocycles. The predicted octanol–water partition coefficient (Wildman–Crippen LogP) is -0.00758. The molecule has 26 heavy (non-hydrogen) atoms. The number of amidine groups is 1. The summed E-state index contributed by atoms with van der Waals surface area (Å²) >= 11 is 0. The molecule has 0 aliphatic heterocycles. The second-order valence-electron chi connectivity index (χ2n) is 5.51. The van der Waals surface area contributed by atoms with Crippen molar-refractivity contribution in [1.82, 2.24) is 4.98 Å². The third-order valence-corrected chi connectivity index (χ3v) is 3.94. The number of aliphatic imine (C=N–C) groups is 1. The molecule has 0 saturated heterocycles. The number of aromatic hydroxyl groups is 1. The molecule has 8 N–H and O–H groups in total. The molecule has 12 heteroatoms. The van der Waals surface area contributed by atoms with Crippen molar-refractivity contribution in [2.75, 3.05) is 6.54 Å². The number of rotatable bonds is 10. The Morgan fingerprint density at radius 3 is 2.62 bits per heavy atom. The molecule has 0 radical (unpaired) electrons. The van der Waals surface area contributed by atoms with Crippen molar-refractivity contribution < 1.29 is 33.9 Å². The van der Waals surface area contributed by atoms with Crippen molar-refractivity contribution in [3.63, 3.8) is 0 Å². The van der Waals surface area contributed by atoms with Crippen LogP contribution in [0.5, 0.6) is 5.75 Å². The quantitative estimate of drug-likeness (QED) is 0.136. The van der Waals surface area contributed by atoms with Crippen LogP contribution in [0.15, 0.2) is 11.2 Å². The molecule has 0 unspecified atom stereocenters. The Morgan fingerprint density at radius 2 is 2.08 bits per heavy atom. The van der Waals surface area contributed by atoms with Gasteiger partial charge >= 0.3 is 13.8 Å². The molecule has 0 aliphatic carbocycles. The molecule has 1 aromatic rings. The minimum absolute atomic E-state index is 0.0590. The third kappa shape index (κ3) is 6.70. The molecule has 11 nitrogen and oxygen atoms in total. The molecular weight excluding hydrogens is 367 g/mol. The van der Waals surface area contributed by atoms with Crippen LogP contribution < -0.4 is 11.5 Å². The summed E-state index contributed by atoms with van der Waals surface area (Å²) in [5.41, 5.74) is 11.4. The van der Waals surface area contributed by atoms with Crippen molar-refractivity contribution in [3.8, 4) is 5.75 Å². The lowest BCUT2D eigenvalue weighted by Gasteiger charge is -2.15. The summed E-state index contributed by atoms with van der Waals surface area (Å²) in [6, 6.07) is -1.15. The molecule has 0 saturated carbocycles. The molecule has 146 valence electrons. The van der Waals surface area contributed by atoms with Crippen LogP contribution in [0.4, 0.5) is 0 Å². The highest BCUT2D eigenvalue weighted by molar-refractivity contribution is 7.46. The minimum atomic E-state index is -4.77. The lowest BCUT2D eigenvalue weighted by atomic mass is 10.1. The average molecular weight is 390 g/mol. The summed E-state index contributed by atoms with van der Waals surface area (Å²) in [7, 11) is -4.77. The summed E-state index contributed by atoms with van der Waals surface area (Å²) in [6.45, 7) is 1.30. The topological polar surface area (TPSA) is 202 Å². The van der Waals surface area contributed by atoms with Crippen molar-refractivity contribution in [3.05, 3.63) is 23.0 Å². The van der Waals surface area contributed by atoms with Crippen molar-refractivity contribution in [2.24, 2.45) is 16.5 Å². The maximum atomic E-state index is 11.4. The predicted molar refractivity (Wildman–Crippen MR) is 92.5 cm³/mol. The Balaban J connectivity index is 3.21. The number of pyridine rings is 1. The van der Waals surface area contributed by atoms with Crippen LogP contribution in [0.25, 0.3) is 0 Å². The van der Waals surface area contributed by atoms with Gasteiger partial charge in [-0.25, -0.2) is 9.36 Å². The summed E-state index contributed by atoms with van der Waals surface area (Å²) in [5, 5.41) is 19.5. The maximum Gasteiger partial charge on any atom is 0.469 e. The van der Waals surface area contributed by atoms with Gasteiger partial charge in [0.15, 0.2) is 0 Å². The first-order valence-electron chi connectivity index (χ1n) is 7.70. The molecule has 0 bridgehead atoms. The number of unbranched alkanes of at least 4 members (excludes halogenated alkanes) is 1. The zero-order chi connectivity index (χ0) is 19.9. The number of nitrogens with zero attached hydrogens (tertiary/aromatic N) is 2. The number of aromatic nitrogens is 1. The maximum absolute atomic E-state index is 11.4. The van der Waals surface area contributed by atoms with Crippen LogP contribution >= 0.6 is 7.82 Å². The molecule has 0 aliphatic rings. The first-order chi connectivity index (χ1) is 12.1. The molecule has 1 rings (SSSR count). The highest BCUT2D eigenvalue weighted by atomic mass is 31.2. The van der Waals surface area contributed by atoms with E-state index in [-0.39, 0.29) is 34.8 Å². The average Bonchev–Trinajstić information content (AvgIpc) is 2.54. The minimum Gasteiger partial charge on any atom is -0.505 e. The number of aliphatic carboxylic acids is 1. The van der Waals surface area contributed by atoms with Gasteiger partial charge in [0.1, 0.15) is 17.6 Å². The van der Waals surface area contributed by atoms with Crippen molar-refractivity contribution in [1.29, 1.82) is 0 Å². The van der Waals surface area contributed by atoms with Crippen molar-refractivity contribution in [2.45, 2.75) is 38.8 Å². The summed E-state index contributed by atoms with van der Waals surface area (Å²) in [5.74, 6) is -1.86. The van der Waals surface area contributed by atoms with Crippen LogP contribution in [0.1, 0.15) is 36.1 Å². The lowest BCUT2D eigenvalue weighted by Crippen LogP contribution is -2.25. The first kappa shape index (κ1) is 22.0. The number of phosphoric ester groups is 1. The van der Waals surface area contributed by atoms with E-state index in [9.17, 15) is 19.6 Å². The van der Waals surface area contributed by atoms with E-state index in [2.05, 4.69) is 14.5 Å². The Bertz CT molecular complexity index is 719. The Morgan fingerprint density at radius 1 is 1.42 bits per heavy atom. The zero-order valence-corrected chi connectivity index (χ0v) is 15.1. The molecule has 0 spiro atoms. The summed E-state index contributed by atoms with van der Waals surface area (Å²) in [4.78, 5) is 36.8. The molecule has 1 heterocycles. The highest BCUT2D eigenvalue weighted by Crippen LogP contribution is 2.38. The monoisotopic (exact) mass is 390 g/mol. The number of carbonyl (C=O) groups is 1. The van der Waals surface area contributed by atoms with Gasteiger partial charge in [0.25, 0.3) is 0 Å². The van der Waals surface area contributed by atoms with Gasteiger partial charge in [-0.1, -0.05) is 0 Å². The fraction of sp³-hybridized carbons (Fsp3) is 0.500. The lowest BCUT2D eigenvalue weighted by molar-refractivity contribution is -0.138. The van der Waals surface area contributed by atoms with E-state index >= 15 is 0 Å². The van der Waals surface area contributed by atoms with Gasteiger partial charge < -0.3 is 31.5 Å². The largest absolute Gasteiger partial charge is 0.505 e. The van der Waals surface area contributed by atoms with E-state index in [4.69, 9.17) is 21.3 Å². The standard InChI is InChI=1S/C14H23N4O7P/c1-8-12(19)11(9(6-17-8)7-25-26(22,23)24)13(16)18-10(14(20)21)4-2-3-5-15/h6,10,19H,2-5,7,15H2,1H3,(H2,16,18)(H,20,21)(H2,22,23,24)/t10-/m1/s1. The number of carboxylic acid groups (broad SMARTS) is 1. The number of phosphoric acid groups is 1. The van der Waals surface area contributed by atoms with Gasteiger partial charge in [0.05, 0.1) is 17.9 Å². The van der Waals surface area contributed by atoms with E-state index in [1.165, 1.54) is 13.1 Å². The van der Waals surface area contributed by atoms with Gasteiger partial charge in [-0.2, -0.15) is 0 Å². The highest BCUT2D eigenvalue weighted by Gasteiger charge is 2.22. The third-order valence-electron chi connectivity index (χ3n) is 3.47. The summed E-state index contributed by atoms with van der Waals surface area (Å²) in [6.07, 6.45) is 2.57. The zero-order valence-electron chi connectivity index (χ0n) is 14.2. The number of aryl methyl sites for hydroxylation is 1. The molecule has 0 fully saturated rings. The second kappa shape index (κ2) is 9.60. The smallest absolute Gasteiger partial charge is 0.469 e. The normalized spacial score (nSPS) is 13.6. The van der Waals surface area contributed by atoms with Gasteiger partial charge in [-0.05, 0) is 32.7 Å². The van der Waals surface area contributed by atoms with E-state index < -0.39 is 26.4 Å². The van der Waals surface area contributed by atoms with Gasteiger partial charge in [0, 0.05) is 11.8 Å². The number of carboxylic acids is 1. The van der Waals surface area contributed by atoms with E-state index in [1.54, 1.807) is 0 Å². The SMILES string of the molecule is Cc1ncc(COP(=O)(O)O)c(C(N)=N[C@H](CCCCN)C(=O)O)c1O. The number of hydrogen-bond acceptors (Lipinski definition) is 7. The second-order valence-corrected chi connectivity index (χ2v) is 6.75. The fourth-order valence-corrected chi connectivity index (χ4v) is 2.45. The Labute approximate surface area is 150 Å². The van der Waals surface area contributed by atoms with Crippen molar-refractivity contribution >= 4 is 19.6 Å². The fourth-order valence-electron chi connectivity index (χ4n) is 2.14. The molecule has 1 atom stereocenters. The Kier molecular flexibility index (Phi) is 8.12. The van der Waals surface area contributed by atoms with E-state index in [1.807, 2.05) is 0 Å².